The van der Waals surface area contributed by atoms with Gasteiger partial charge in [-0.05, 0) is 37.1 Å². The van der Waals surface area contributed by atoms with Crippen molar-refractivity contribution >= 4 is 15.9 Å². The van der Waals surface area contributed by atoms with Crippen LogP contribution in [-0.4, -0.2) is 29.4 Å². The summed E-state index contributed by atoms with van der Waals surface area (Å²) in [6.45, 7) is 7.55. The molecule has 0 N–H and O–H groups in total. The minimum absolute atomic E-state index is 0.577. The van der Waals surface area contributed by atoms with Gasteiger partial charge in [0.1, 0.15) is 0 Å². The largest absolute Gasteiger partial charge is 0.300 e. The first-order valence-corrected chi connectivity index (χ1v) is 7.07. The van der Waals surface area contributed by atoms with Crippen LogP contribution in [-0.2, 0) is 0 Å². The van der Waals surface area contributed by atoms with E-state index in [-0.39, 0.29) is 0 Å². The maximum atomic E-state index is 3.53. The molecule has 2 fully saturated rings. The minimum atomic E-state index is 0.577. The molecule has 82 valence electrons. The molecule has 14 heavy (non-hydrogen) atoms. The molecule has 0 spiro atoms. The molecule has 1 aliphatic heterocycles. The van der Waals surface area contributed by atoms with Crippen LogP contribution >= 0.6 is 15.9 Å². The number of hydrogen-bond donors (Lipinski definition) is 0. The van der Waals surface area contributed by atoms with Crippen molar-refractivity contribution in [2.45, 2.75) is 45.6 Å². The molecule has 2 unspecified atom stereocenters. The molecule has 2 rings (SSSR count). The van der Waals surface area contributed by atoms with E-state index in [1.165, 1.54) is 38.8 Å². The minimum Gasteiger partial charge on any atom is -0.300 e. The highest BCUT2D eigenvalue weighted by molar-refractivity contribution is 9.09. The van der Waals surface area contributed by atoms with Gasteiger partial charge in [0.05, 0.1) is 0 Å². The normalized spacial score (nSPS) is 36.2. The summed E-state index contributed by atoms with van der Waals surface area (Å²) in [5.41, 5.74) is 0.577. The second-order valence-corrected chi connectivity index (χ2v) is 6.40. The molecule has 2 aliphatic rings. The number of alkyl halides is 1. The lowest BCUT2D eigenvalue weighted by Crippen LogP contribution is -2.31. The summed E-state index contributed by atoms with van der Waals surface area (Å²) in [4.78, 5) is 2.75. The molecule has 2 atom stereocenters. The van der Waals surface area contributed by atoms with Crippen LogP contribution in [0.1, 0.15) is 39.5 Å². The van der Waals surface area contributed by atoms with Gasteiger partial charge in [0.15, 0.2) is 0 Å². The van der Waals surface area contributed by atoms with Gasteiger partial charge in [-0.1, -0.05) is 36.2 Å². The van der Waals surface area contributed by atoms with Crippen molar-refractivity contribution in [2.75, 3.05) is 18.4 Å². The Kier molecular flexibility index (Phi) is 3.23. The number of fused-ring (bicyclic) bond motifs is 1. The number of hydrogen-bond acceptors (Lipinski definition) is 1. The Balaban J connectivity index is 2.00. The molecular weight excluding hydrogens is 238 g/mol. The lowest BCUT2D eigenvalue weighted by Gasteiger charge is -2.24. The predicted octanol–water partition coefficient (Wildman–Crippen LogP) is 3.28. The Labute approximate surface area is 96.4 Å². The first-order chi connectivity index (χ1) is 6.65. The average molecular weight is 260 g/mol. The van der Waals surface area contributed by atoms with E-state index in [0.717, 1.165) is 17.3 Å². The number of likely N-dealkylation sites (tertiary alicyclic amines) is 1. The van der Waals surface area contributed by atoms with Crippen molar-refractivity contribution in [1.29, 1.82) is 0 Å². The van der Waals surface area contributed by atoms with E-state index in [1.54, 1.807) is 0 Å². The molecule has 2 heteroatoms. The molecule has 1 heterocycles. The van der Waals surface area contributed by atoms with Crippen LogP contribution in [0.15, 0.2) is 0 Å². The fourth-order valence-electron chi connectivity index (χ4n) is 3.55. The summed E-state index contributed by atoms with van der Waals surface area (Å²) >= 11 is 3.53. The first-order valence-electron chi connectivity index (χ1n) is 5.95. The Morgan fingerprint density at radius 3 is 2.86 bits per heavy atom. The smallest absolute Gasteiger partial charge is 0.0129 e. The van der Waals surface area contributed by atoms with Gasteiger partial charge in [-0.2, -0.15) is 0 Å². The fourth-order valence-corrected chi connectivity index (χ4v) is 3.81. The van der Waals surface area contributed by atoms with E-state index in [1.807, 2.05) is 0 Å². The highest BCUT2D eigenvalue weighted by Crippen LogP contribution is 2.48. The van der Waals surface area contributed by atoms with Gasteiger partial charge < -0.3 is 0 Å². The van der Waals surface area contributed by atoms with Crippen LogP contribution in [0.4, 0.5) is 0 Å². The molecule has 0 bridgehead atoms. The third kappa shape index (κ3) is 1.88. The summed E-state index contributed by atoms with van der Waals surface area (Å²) in [7, 11) is 0. The summed E-state index contributed by atoms with van der Waals surface area (Å²) in [6, 6.07) is 0.920. The number of rotatable bonds is 3. The summed E-state index contributed by atoms with van der Waals surface area (Å²) in [5, 5.41) is 1.15. The zero-order chi connectivity index (χ0) is 10.2. The van der Waals surface area contributed by atoms with E-state index in [0.29, 0.717) is 5.41 Å². The van der Waals surface area contributed by atoms with Crippen molar-refractivity contribution in [3.05, 3.63) is 0 Å². The van der Waals surface area contributed by atoms with Gasteiger partial charge in [0.2, 0.25) is 0 Å². The molecule has 1 nitrogen and oxygen atoms in total. The lowest BCUT2D eigenvalue weighted by molar-refractivity contribution is 0.239. The van der Waals surface area contributed by atoms with E-state index in [4.69, 9.17) is 0 Å². The van der Waals surface area contributed by atoms with Crippen LogP contribution < -0.4 is 0 Å². The lowest BCUT2D eigenvalue weighted by atomic mass is 9.80. The Morgan fingerprint density at radius 1 is 1.36 bits per heavy atom. The number of nitrogens with zero attached hydrogens (tertiary/aromatic N) is 1. The van der Waals surface area contributed by atoms with Gasteiger partial charge in [-0.15, -0.1) is 0 Å². The molecular formula is C12H22BrN. The average Bonchev–Trinajstić information content (AvgIpc) is 2.67. The summed E-state index contributed by atoms with van der Waals surface area (Å²) < 4.78 is 0. The molecule has 0 amide bonds. The standard InChI is InChI=1S/C12H22BrN/c1-12(2)9-14(8-4-7-13)11-6-3-5-10(11)12/h10-11H,3-9H2,1-2H3. The summed E-state index contributed by atoms with van der Waals surface area (Å²) in [6.07, 6.45) is 5.70. The maximum absolute atomic E-state index is 3.53. The predicted molar refractivity (Wildman–Crippen MR) is 64.9 cm³/mol. The van der Waals surface area contributed by atoms with Gasteiger partial charge in [-0.25, -0.2) is 0 Å². The zero-order valence-corrected chi connectivity index (χ0v) is 11.0. The highest BCUT2D eigenvalue weighted by atomic mass is 79.9. The van der Waals surface area contributed by atoms with Crippen molar-refractivity contribution < 1.29 is 0 Å². The molecule has 0 radical (unpaired) electrons. The molecule has 0 aromatic rings. The molecule has 0 aromatic carbocycles. The van der Waals surface area contributed by atoms with E-state index >= 15 is 0 Å². The topological polar surface area (TPSA) is 3.24 Å². The molecule has 0 aromatic heterocycles. The monoisotopic (exact) mass is 259 g/mol. The van der Waals surface area contributed by atoms with Crippen molar-refractivity contribution in [1.82, 2.24) is 4.90 Å². The van der Waals surface area contributed by atoms with Gasteiger partial charge >= 0.3 is 0 Å². The van der Waals surface area contributed by atoms with Crippen LogP contribution in [0.5, 0.6) is 0 Å². The Bertz CT molecular complexity index is 202. The van der Waals surface area contributed by atoms with Crippen molar-refractivity contribution in [3.63, 3.8) is 0 Å². The van der Waals surface area contributed by atoms with Gasteiger partial charge in [0.25, 0.3) is 0 Å². The second kappa shape index (κ2) is 4.13. The van der Waals surface area contributed by atoms with E-state index in [9.17, 15) is 0 Å². The zero-order valence-electron chi connectivity index (χ0n) is 9.43. The quantitative estimate of drug-likeness (QED) is 0.704. The van der Waals surface area contributed by atoms with E-state index < -0.39 is 0 Å². The number of halogens is 1. The van der Waals surface area contributed by atoms with Gasteiger partial charge in [0, 0.05) is 17.9 Å². The SMILES string of the molecule is CC1(C)CN(CCCBr)C2CCCC21. The third-order valence-corrected chi connectivity index (χ3v) is 4.70. The van der Waals surface area contributed by atoms with Crippen LogP contribution in [0.3, 0.4) is 0 Å². The van der Waals surface area contributed by atoms with E-state index in [2.05, 4.69) is 34.7 Å². The second-order valence-electron chi connectivity index (χ2n) is 5.61. The van der Waals surface area contributed by atoms with Crippen molar-refractivity contribution in [3.8, 4) is 0 Å². The fraction of sp³-hybridized carbons (Fsp3) is 1.00. The molecule has 1 aliphatic carbocycles. The van der Waals surface area contributed by atoms with Gasteiger partial charge in [-0.3, -0.25) is 4.90 Å². The maximum Gasteiger partial charge on any atom is 0.0129 e. The van der Waals surface area contributed by atoms with Crippen LogP contribution in [0, 0.1) is 11.3 Å². The first kappa shape index (κ1) is 10.9. The third-order valence-electron chi connectivity index (χ3n) is 4.14. The van der Waals surface area contributed by atoms with Crippen LogP contribution in [0.25, 0.3) is 0 Å². The molecule has 1 saturated carbocycles. The highest BCUT2D eigenvalue weighted by Gasteiger charge is 2.48. The molecule has 1 saturated heterocycles. The Morgan fingerprint density at radius 2 is 2.14 bits per heavy atom. The Hall–Kier alpha value is 0.440. The van der Waals surface area contributed by atoms with Crippen LogP contribution in [0.2, 0.25) is 0 Å². The summed E-state index contributed by atoms with van der Waals surface area (Å²) in [5.74, 6) is 0.984. The van der Waals surface area contributed by atoms with Crippen molar-refractivity contribution in [2.24, 2.45) is 11.3 Å².